The third-order valence-corrected chi connectivity index (χ3v) is 3.79. The van der Waals surface area contributed by atoms with E-state index < -0.39 is 24.4 Å². The maximum absolute atomic E-state index is 11.8. The fourth-order valence-corrected chi connectivity index (χ4v) is 2.13. The molecule has 0 fully saturated rings. The largest absolute Gasteiger partial charge is 0.452 e. The van der Waals surface area contributed by atoms with Gasteiger partial charge in [0.25, 0.3) is 11.8 Å². The number of hydrogen-bond acceptors (Lipinski definition) is 4. The Kier molecular flexibility index (Phi) is 7.11. The van der Waals surface area contributed by atoms with Gasteiger partial charge in [-0.2, -0.15) is 0 Å². The van der Waals surface area contributed by atoms with E-state index in [1.165, 1.54) is 6.08 Å². The molecule has 0 bridgehead atoms. The van der Waals surface area contributed by atoms with Crippen molar-refractivity contribution in [2.45, 2.75) is 6.92 Å². The minimum atomic E-state index is -0.659. The average molecular weight is 417 g/mol. The maximum Gasteiger partial charge on any atom is 0.331 e. The predicted molar refractivity (Wildman–Crippen MR) is 101 cm³/mol. The molecule has 0 saturated carbocycles. The van der Waals surface area contributed by atoms with Crippen molar-refractivity contribution >= 4 is 39.8 Å². The van der Waals surface area contributed by atoms with Crippen LogP contribution in [0.1, 0.15) is 21.5 Å². The highest BCUT2D eigenvalue weighted by molar-refractivity contribution is 9.10. The quantitative estimate of drug-likeness (QED) is 0.445. The molecule has 0 aliphatic carbocycles. The summed E-state index contributed by atoms with van der Waals surface area (Å²) in [5.41, 5.74) is 6.69. The summed E-state index contributed by atoms with van der Waals surface area (Å²) in [6.07, 6.45) is 2.80. The van der Waals surface area contributed by atoms with Crippen LogP contribution in [-0.2, 0) is 14.3 Å². The molecule has 0 aliphatic heterocycles. The number of nitrogens with one attached hydrogen (secondary N) is 2. The lowest BCUT2D eigenvalue weighted by molar-refractivity contribution is -0.144. The number of carbonyl (C=O) groups excluding carboxylic acids is 3. The van der Waals surface area contributed by atoms with Crippen molar-refractivity contribution in [1.29, 1.82) is 0 Å². The molecule has 0 aliphatic rings. The molecule has 2 N–H and O–H groups in total. The molecule has 7 heteroatoms. The van der Waals surface area contributed by atoms with Crippen molar-refractivity contribution in [3.8, 4) is 0 Å². The van der Waals surface area contributed by atoms with Gasteiger partial charge in [-0.05, 0) is 42.8 Å². The number of ether oxygens (including phenoxy) is 1. The minimum Gasteiger partial charge on any atom is -0.452 e. The van der Waals surface area contributed by atoms with Crippen LogP contribution in [0.15, 0.2) is 59.1 Å². The third kappa shape index (κ3) is 6.52. The van der Waals surface area contributed by atoms with E-state index in [2.05, 4.69) is 26.8 Å². The monoisotopic (exact) mass is 416 g/mol. The van der Waals surface area contributed by atoms with Crippen molar-refractivity contribution in [3.63, 3.8) is 0 Å². The highest BCUT2D eigenvalue weighted by atomic mass is 79.9. The zero-order valence-corrected chi connectivity index (χ0v) is 15.6. The van der Waals surface area contributed by atoms with Crippen LogP contribution < -0.4 is 10.9 Å². The first kappa shape index (κ1) is 19.4. The van der Waals surface area contributed by atoms with Gasteiger partial charge >= 0.3 is 5.97 Å². The molecule has 0 saturated heterocycles. The molecule has 2 amide bonds. The highest BCUT2D eigenvalue weighted by Gasteiger charge is 2.08. The number of aryl methyl sites for hydroxylation is 1. The van der Waals surface area contributed by atoms with Crippen molar-refractivity contribution in [3.05, 3.63) is 75.8 Å². The molecule has 26 heavy (non-hydrogen) atoms. The molecule has 0 heterocycles. The van der Waals surface area contributed by atoms with Gasteiger partial charge in [0.15, 0.2) is 6.61 Å². The van der Waals surface area contributed by atoms with E-state index in [0.29, 0.717) is 5.56 Å². The van der Waals surface area contributed by atoms with Crippen molar-refractivity contribution < 1.29 is 19.1 Å². The summed E-state index contributed by atoms with van der Waals surface area (Å²) in [4.78, 5) is 35.0. The standard InChI is InChI=1S/C19H17BrN2O4/c1-13-2-7-15(8-3-13)19(25)22-21-17(23)12-26-18(24)11-6-14-4-9-16(20)10-5-14/h2-11H,12H2,1H3,(H,21,23)(H,22,25)/b11-6+. The molecular weight excluding hydrogens is 400 g/mol. The summed E-state index contributed by atoms with van der Waals surface area (Å²) >= 11 is 3.32. The van der Waals surface area contributed by atoms with E-state index in [4.69, 9.17) is 4.74 Å². The number of carbonyl (C=O) groups is 3. The van der Waals surface area contributed by atoms with E-state index in [1.54, 1.807) is 30.3 Å². The van der Waals surface area contributed by atoms with Gasteiger partial charge in [0.05, 0.1) is 0 Å². The lowest BCUT2D eigenvalue weighted by atomic mass is 10.1. The Morgan fingerprint density at radius 1 is 1.00 bits per heavy atom. The number of esters is 1. The molecule has 2 rings (SSSR count). The van der Waals surface area contributed by atoms with Crippen molar-refractivity contribution in [2.75, 3.05) is 6.61 Å². The van der Waals surface area contributed by atoms with Gasteiger partial charge in [-0.3, -0.25) is 20.4 Å². The molecular formula is C19H17BrN2O4. The zero-order chi connectivity index (χ0) is 18.9. The Morgan fingerprint density at radius 3 is 2.31 bits per heavy atom. The molecule has 6 nitrogen and oxygen atoms in total. The van der Waals surface area contributed by atoms with Gasteiger partial charge in [0.1, 0.15) is 0 Å². The average Bonchev–Trinajstić information content (AvgIpc) is 2.64. The van der Waals surface area contributed by atoms with Gasteiger partial charge in [-0.15, -0.1) is 0 Å². The number of rotatable bonds is 5. The van der Waals surface area contributed by atoms with Crippen molar-refractivity contribution in [1.82, 2.24) is 10.9 Å². The summed E-state index contributed by atoms with van der Waals surface area (Å²) in [6, 6.07) is 14.2. The SMILES string of the molecule is Cc1ccc(C(=O)NNC(=O)COC(=O)/C=C/c2ccc(Br)cc2)cc1. The first-order valence-corrected chi connectivity index (χ1v) is 8.49. The van der Waals surface area contributed by atoms with Gasteiger partial charge < -0.3 is 4.74 Å². The first-order valence-electron chi connectivity index (χ1n) is 7.70. The summed E-state index contributed by atoms with van der Waals surface area (Å²) in [7, 11) is 0. The van der Waals surface area contributed by atoms with Crippen LogP contribution in [0.2, 0.25) is 0 Å². The minimum absolute atomic E-state index is 0.408. The number of halogens is 1. The number of benzene rings is 2. The van der Waals surface area contributed by atoms with Gasteiger partial charge in [-0.25, -0.2) is 4.79 Å². The fraction of sp³-hybridized carbons (Fsp3) is 0.105. The van der Waals surface area contributed by atoms with E-state index in [1.807, 2.05) is 31.2 Å². The van der Waals surface area contributed by atoms with Gasteiger partial charge in [0.2, 0.25) is 0 Å². The molecule has 0 spiro atoms. The normalized spacial score (nSPS) is 10.4. The zero-order valence-electron chi connectivity index (χ0n) is 14.0. The van der Waals surface area contributed by atoms with E-state index in [9.17, 15) is 14.4 Å². The summed E-state index contributed by atoms with van der Waals surface area (Å²) < 4.78 is 5.74. The molecule has 0 radical (unpaired) electrons. The third-order valence-electron chi connectivity index (χ3n) is 3.26. The summed E-state index contributed by atoms with van der Waals surface area (Å²) in [5, 5.41) is 0. The molecule has 0 atom stereocenters. The second kappa shape index (κ2) is 9.53. The summed E-state index contributed by atoms with van der Waals surface area (Å²) in [6.45, 7) is 1.40. The maximum atomic E-state index is 11.8. The molecule has 2 aromatic carbocycles. The fourth-order valence-electron chi connectivity index (χ4n) is 1.86. The second-order valence-electron chi connectivity index (χ2n) is 5.36. The Morgan fingerprint density at radius 2 is 1.65 bits per heavy atom. The van der Waals surface area contributed by atoms with Crippen LogP contribution in [-0.4, -0.2) is 24.4 Å². The number of hydrogen-bond donors (Lipinski definition) is 2. The van der Waals surface area contributed by atoms with Crippen LogP contribution in [0.25, 0.3) is 6.08 Å². The number of hydrazine groups is 1. The van der Waals surface area contributed by atoms with Crippen molar-refractivity contribution in [2.24, 2.45) is 0 Å². The van der Waals surface area contributed by atoms with Crippen LogP contribution in [0.3, 0.4) is 0 Å². The van der Waals surface area contributed by atoms with E-state index in [-0.39, 0.29) is 0 Å². The molecule has 0 unspecified atom stereocenters. The predicted octanol–water partition coefficient (Wildman–Crippen LogP) is 2.78. The second-order valence-corrected chi connectivity index (χ2v) is 6.28. The molecule has 2 aromatic rings. The van der Waals surface area contributed by atoms with E-state index in [0.717, 1.165) is 15.6 Å². The van der Waals surface area contributed by atoms with Crippen LogP contribution in [0.4, 0.5) is 0 Å². The Bertz CT molecular complexity index is 814. The van der Waals surface area contributed by atoms with E-state index >= 15 is 0 Å². The Hall–Kier alpha value is -2.93. The van der Waals surface area contributed by atoms with Gasteiger partial charge in [0, 0.05) is 16.1 Å². The lowest BCUT2D eigenvalue weighted by Crippen LogP contribution is -2.43. The Balaban J connectivity index is 1.72. The first-order chi connectivity index (χ1) is 12.4. The molecule has 0 aromatic heterocycles. The van der Waals surface area contributed by atoms with Crippen LogP contribution in [0, 0.1) is 6.92 Å². The van der Waals surface area contributed by atoms with Crippen LogP contribution >= 0.6 is 15.9 Å². The molecule has 134 valence electrons. The lowest BCUT2D eigenvalue weighted by Gasteiger charge is -2.07. The topological polar surface area (TPSA) is 84.5 Å². The Labute approximate surface area is 159 Å². The van der Waals surface area contributed by atoms with Crippen LogP contribution in [0.5, 0.6) is 0 Å². The smallest absolute Gasteiger partial charge is 0.331 e. The summed E-state index contributed by atoms with van der Waals surface area (Å²) in [5.74, 6) is -1.76. The number of amides is 2. The highest BCUT2D eigenvalue weighted by Crippen LogP contribution is 2.11. The van der Waals surface area contributed by atoms with Gasteiger partial charge in [-0.1, -0.05) is 45.8 Å².